The molecule has 28 heavy (non-hydrogen) atoms. The summed E-state index contributed by atoms with van der Waals surface area (Å²) in [4.78, 5) is 14.8. The summed E-state index contributed by atoms with van der Waals surface area (Å²) >= 11 is 0. The van der Waals surface area contributed by atoms with Gasteiger partial charge in [0.25, 0.3) is 0 Å². The van der Waals surface area contributed by atoms with Crippen LogP contribution in [0.25, 0.3) is 0 Å². The van der Waals surface area contributed by atoms with E-state index in [1.165, 1.54) is 12.8 Å². The van der Waals surface area contributed by atoms with Crippen molar-refractivity contribution in [3.8, 4) is 0 Å². The van der Waals surface area contributed by atoms with E-state index in [0.29, 0.717) is 11.4 Å². The Hall–Kier alpha value is -2.54. The number of anilines is 3. The Morgan fingerprint density at radius 1 is 1.04 bits per heavy atom. The summed E-state index contributed by atoms with van der Waals surface area (Å²) in [5, 5.41) is 2.79. The first kappa shape index (κ1) is 20.2. The van der Waals surface area contributed by atoms with Crippen LogP contribution in [0.15, 0.2) is 48.5 Å². The maximum Gasteiger partial charge on any atom is 0.245 e. The molecule has 1 fully saturated rings. The number of aryl methyl sites for hydroxylation is 1. The summed E-state index contributed by atoms with van der Waals surface area (Å²) in [6.07, 6.45) is 4.39. The van der Waals surface area contributed by atoms with Gasteiger partial charge in [0.05, 0.1) is 11.9 Å². The quantitative estimate of drug-likeness (QED) is 0.773. The van der Waals surface area contributed by atoms with Crippen LogP contribution in [0.3, 0.4) is 0 Å². The minimum atomic E-state index is -3.58. The molecule has 2 aromatic rings. The average molecular weight is 402 g/mol. The number of hydrogen-bond donors (Lipinski definition) is 1. The van der Waals surface area contributed by atoms with Gasteiger partial charge in [-0.1, -0.05) is 19.1 Å². The summed E-state index contributed by atoms with van der Waals surface area (Å²) in [6.45, 7) is 3.89. The summed E-state index contributed by atoms with van der Waals surface area (Å²) in [5.74, 6) is -0.376. The Balaban J connectivity index is 1.68. The molecule has 2 aromatic carbocycles. The molecule has 6 nitrogen and oxygen atoms in total. The lowest BCUT2D eigenvalue weighted by Gasteiger charge is -2.22. The normalized spacial score (nSPS) is 14.1. The Bertz CT molecular complexity index is 903. The molecule has 1 heterocycles. The first-order chi connectivity index (χ1) is 13.4. The molecule has 1 saturated heterocycles. The summed E-state index contributed by atoms with van der Waals surface area (Å²) < 4.78 is 25.5. The Morgan fingerprint density at radius 2 is 1.64 bits per heavy atom. The van der Waals surface area contributed by atoms with Crippen LogP contribution in [0.2, 0.25) is 0 Å². The van der Waals surface area contributed by atoms with Gasteiger partial charge in [-0.3, -0.25) is 9.10 Å². The first-order valence-corrected chi connectivity index (χ1v) is 11.4. The molecule has 1 amide bonds. The largest absolute Gasteiger partial charge is 0.372 e. The van der Waals surface area contributed by atoms with Crippen LogP contribution in [-0.2, 0) is 21.2 Å². The Kier molecular flexibility index (Phi) is 6.24. The number of benzene rings is 2. The van der Waals surface area contributed by atoms with Crippen molar-refractivity contribution in [2.24, 2.45) is 0 Å². The zero-order valence-electron chi connectivity index (χ0n) is 16.4. The van der Waals surface area contributed by atoms with Crippen LogP contribution in [0.5, 0.6) is 0 Å². The van der Waals surface area contributed by atoms with E-state index < -0.39 is 10.0 Å². The number of nitrogens with zero attached hydrogens (tertiary/aromatic N) is 2. The number of sulfonamides is 1. The molecule has 0 atom stereocenters. The molecule has 3 rings (SSSR count). The first-order valence-electron chi connectivity index (χ1n) is 9.58. The third-order valence-electron chi connectivity index (χ3n) is 4.94. The van der Waals surface area contributed by atoms with E-state index >= 15 is 0 Å². The van der Waals surface area contributed by atoms with Gasteiger partial charge < -0.3 is 10.2 Å². The fraction of sp³-hybridized carbons (Fsp3) is 0.381. The third-order valence-corrected chi connectivity index (χ3v) is 6.08. The predicted molar refractivity (Wildman–Crippen MR) is 115 cm³/mol. The number of rotatable bonds is 7. The maximum atomic E-state index is 12.5. The van der Waals surface area contributed by atoms with E-state index in [-0.39, 0.29) is 12.5 Å². The van der Waals surface area contributed by atoms with Gasteiger partial charge in [0.2, 0.25) is 15.9 Å². The van der Waals surface area contributed by atoms with Crippen molar-refractivity contribution in [1.82, 2.24) is 0 Å². The van der Waals surface area contributed by atoms with Gasteiger partial charge in [0.1, 0.15) is 6.54 Å². The van der Waals surface area contributed by atoms with E-state index in [9.17, 15) is 13.2 Å². The molecule has 0 radical (unpaired) electrons. The van der Waals surface area contributed by atoms with Crippen molar-refractivity contribution in [3.05, 3.63) is 54.1 Å². The highest BCUT2D eigenvalue weighted by molar-refractivity contribution is 7.92. The number of carbonyl (C=O) groups is 1. The lowest BCUT2D eigenvalue weighted by atomic mass is 10.1. The molecule has 0 saturated carbocycles. The van der Waals surface area contributed by atoms with Crippen molar-refractivity contribution in [1.29, 1.82) is 0 Å². The second kappa shape index (κ2) is 8.65. The van der Waals surface area contributed by atoms with Crippen LogP contribution in [0.4, 0.5) is 17.1 Å². The number of amides is 1. The Morgan fingerprint density at radius 3 is 2.18 bits per heavy atom. The van der Waals surface area contributed by atoms with Crippen LogP contribution in [-0.4, -0.2) is 40.2 Å². The minimum absolute atomic E-state index is 0.266. The fourth-order valence-corrected chi connectivity index (χ4v) is 4.22. The summed E-state index contributed by atoms with van der Waals surface area (Å²) in [5.41, 5.74) is 3.39. The Labute approximate surface area is 167 Å². The molecular weight excluding hydrogens is 374 g/mol. The number of carbonyl (C=O) groups excluding carboxylic acids is 1. The molecule has 1 aliphatic rings. The highest BCUT2D eigenvalue weighted by Gasteiger charge is 2.21. The average Bonchev–Trinajstić information content (AvgIpc) is 3.21. The molecule has 0 unspecified atom stereocenters. The molecule has 0 aromatic heterocycles. The molecule has 0 aliphatic carbocycles. The number of hydrogen-bond acceptors (Lipinski definition) is 4. The second-order valence-electron chi connectivity index (χ2n) is 7.08. The fourth-order valence-electron chi connectivity index (χ4n) is 3.36. The molecule has 7 heteroatoms. The molecule has 0 bridgehead atoms. The van der Waals surface area contributed by atoms with Crippen molar-refractivity contribution in [2.45, 2.75) is 26.2 Å². The third kappa shape index (κ3) is 5.04. The maximum absolute atomic E-state index is 12.5. The molecule has 150 valence electrons. The zero-order chi connectivity index (χ0) is 20.1. The van der Waals surface area contributed by atoms with E-state index in [1.807, 2.05) is 43.3 Å². The summed E-state index contributed by atoms with van der Waals surface area (Å²) in [6, 6.07) is 14.9. The SMILES string of the molecule is CCc1ccc(N(CC(=O)Nc2ccc(N3CCCC3)cc2)S(C)(=O)=O)cc1. The molecule has 1 aliphatic heterocycles. The number of nitrogens with one attached hydrogen (secondary N) is 1. The van der Waals surface area contributed by atoms with Gasteiger partial charge in [-0.25, -0.2) is 8.42 Å². The standard InChI is InChI=1S/C21H27N3O3S/c1-3-17-6-10-20(11-7-17)24(28(2,26)27)16-21(25)22-18-8-12-19(13-9-18)23-14-4-5-15-23/h6-13H,3-5,14-16H2,1-2H3,(H,22,25). The van der Waals surface area contributed by atoms with E-state index in [4.69, 9.17) is 0 Å². The highest BCUT2D eigenvalue weighted by atomic mass is 32.2. The smallest absolute Gasteiger partial charge is 0.245 e. The minimum Gasteiger partial charge on any atom is -0.372 e. The molecule has 0 spiro atoms. The second-order valence-corrected chi connectivity index (χ2v) is 8.99. The summed E-state index contributed by atoms with van der Waals surface area (Å²) in [7, 11) is -3.58. The monoisotopic (exact) mass is 401 g/mol. The van der Waals surface area contributed by atoms with E-state index in [2.05, 4.69) is 10.2 Å². The van der Waals surface area contributed by atoms with Crippen molar-refractivity contribution < 1.29 is 13.2 Å². The predicted octanol–water partition coefficient (Wildman–Crippen LogP) is 3.25. The van der Waals surface area contributed by atoms with Gasteiger partial charge in [0.15, 0.2) is 0 Å². The van der Waals surface area contributed by atoms with Gasteiger partial charge in [-0.2, -0.15) is 0 Å². The van der Waals surface area contributed by atoms with Crippen molar-refractivity contribution in [2.75, 3.05) is 40.4 Å². The molecule has 1 N–H and O–H groups in total. The van der Waals surface area contributed by atoms with Crippen LogP contribution < -0.4 is 14.5 Å². The highest BCUT2D eigenvalue weighted by Crippen LogP contribution is 2.22. The van der Waals surface area contributed by atoms with E-state index in [0.717, 1.165) is 41.3 Å². The van der Waals surface area contributed by atoms with Crippen molar-refractivity contribution in [3.63, 3.8) is 0 Å². The van der Waals surface area contributed by atoms with Gasteiger partial charge in [-0.15, -0.1) is 0 Å². The van der Waals surface area contributed by atoms with Crippen molar-refractivity contribution >= 4 is 33.0 Å². The van der Waals surface area contributed by atoms with Gasteiger partial charge in [0, 0.05) is 24.5 Å². The van der Waals surface area contributed by atoms with Crippen LogP contribution in [0, 0.1) is 0 Å². The van der Waals surface area contributed by atoms with Crippen LogP contribution in [0.1, 0.15) is 25.3 Å². The van der Waals surface area contributed by atoms with Gasteiger partial charge in [-0.05, 0) is 61.2 Å². The zero-order valence-corrected chi connectivity index (χ0v) is 17.2. The lowest BCUT2D eigenvalue weighted by molar-refractivity contribution is -0.114. The lowest BCUT2D eigenvalue weighted by Crippen LogP contribution is -2.37. The molecular formula is C21H27N3O3S. The topological polar surface area (TPSA) is 69.7 Å². The van der Waals surface area contributed by atoms with E-state index in [1.54, 1.807) is 12.1 Å². The van der Waals surface area contributed by atoms with Crippen LogP contribution >= 0.6 is 0 Å². The van der Waals surface area contributed by atoms with Gasteiger partial charge >= 0.3 is 0 Å².